The minimum atomic E-state index is -0.190. The topological polar surface area (TPSA) is 99.7 Å². The van der Waals surface area contributed by atoms with Crippen molar-refractivity contribution in [2.24, 2.45) is 0 Å². The summed E-state index contributed by atoms with van der Waals surface area (Å²) in [6.07, 6.45) is 3.49. The van der Waals surface area contributed by atoms with Gasteiger partial charge in [-0.3, -0.25) is 9.69 Å². The van der Waals surface area contributed by atoms with E-state index in [1.54, 1.807) is 35.4 Å². The number of halogens is 1. The minimum absolute atomic E-state index is 0.0445. The maximum Gasteiger partial charge on any atom is 0.260 e. The third-order valence-electron chi connectivity index (χ3n) is 4.57. The molecule has 1 atom stereocenters. The lowest BCUT2D eigenvalue weighted by Gasteiger charge is -2.34. The Morgan fingerprint density at radius 2 is 2.11 bits per heavy atom. The predicted molar refractivity (Wildman–Crippen MR) is 102 cm³/mol. The van der Waals surface area contributed by atoms with Crippen molar-refractivity contribution >= 4 is 23.3 Å². The highest BCUT2D eigenvalue weighted by Crippen LogP contribution is 2.30. The second-order valence-electron chi connectivity index (χ2n) is 6.27. The Balaban J connectivity index is 1.79. The van der Waals surface area contributed by atoms with Crippen LogP contribution >= 0.6 is 11.6 Å². The zero-order valence-electron chi connectivity index (χ0n) is 14.5. The van der Waals surface area contributed by atoms with Crippen LogP contribution in [0.3, 0.4) is 0 Å². The van der Waals surface area contributed by atoms with Crippen molar-refractivity contribution in [1.82, 2.24) is 30.9 Å². The van der Waals surface area contributed by atoms with Gasteiger partial charge in [-0.05, 0) is 42.8 Å². The van der Waals surface area contributed by atoms with E-state index in [1.807, 2.05) is 12.1 Å². The van der Waals surface area contributed by atoms with E-state index in [0.717, 1.165) is 19.4 Å². The van der Waals surface area contributed by atoms with Crippen LogP contribution in [-0.4, -0.2) is 50.6 Å². The maximum atomic E-state index is 13.6. The van der Waals surface area contributed by atoms with Crippen LogP contribution in [0.2, 0.25) is 5.02 Å². The van der Waals surface area contributed by atoms with Crippen LogP contribution < -0.4 is 10.2 Å². The average molecular weight is 384 g/mol. The Labute approximate surface area is 160 Å². The zero-order valence-corrected chi connectivity index (χ0v) is 15.2. The lowest BCUT2D eigenvalue weighted by Crippen LogP contribution is -2.49. The number of aromatic nitrogens is 5. The van der Waals surface area contributed by atoms with Gasteiger partial charge < -0.3 is 5.32 Å². The smallest absolute Gasteiger partial charge is 0.260 e. The standard InChI is InChI=1S/C18H18ClN7O/c19-15-8-4-10-21-17(15)26(12-5-3-9-20-11-12)18(27)14-7-2-1-6-13(14)16-22-24-25-23-16/h1-2,4,6-8,10,12,20H,3,5,9,11H2,(H,22,23,24,25)/t12-/m1/s1. The fraction of sp³-hybridized carbons (Fsp3) is 0.278. The number of H-pyrrole nitrogens is 1. The number of hydrogen-bond donors (Lipinski definition) is 2. The molecule has 9 heteroatoms. The summed E-state index contributed by atoms with van der Waals surface area (Å²) in [7, 11) is 0. The quantitative estimate of drug-likeness (QED) is 0.717. The lowest BCUT2D eigenvalue weighted by molar-refractivity contribution is 0.0972. The Kier molecular flexibility index (Phi) is 5.08. The molecule has 27 heavy (non-hydrogen) atoms. The molecule has 1 aliphatic heterocycles. The average Bonchev–Trinajstić information content (AvgIpc) is 3.25. The number of hydrogen-bond acceptors (Lipinski definition) is 6. The Bertz CT molecular complexity index is 925. The Morgan fingerprint density at radius 1 is 1.22 bits per heavy atom. The van der Waals surface area contributed by atoms with Crippen molar-refractivity contribution < 1.29 is 4.79 Å². The van der Waals surface area contributed by atoms with Gasteiger partial charge in [-0.2, -0.15) is 5.21 Å². The number of amides is 1. The molecule has 0 radical (unpaired) electrons. The second kappa shape index (κ2) is 7.81. The molecule has 1 amide bonds. The van der Waals surface area contributed by atoms with Gasteiger partial charge in [0.2, 0.25) is 5.82 Å². The van der Waals surface area contributed by atoms with Crippen molar-refractivity contribution in [3.63, 3.8) is 0 Å². The van der Waals surface area contributed by atoms with Gasteiger partial charge in [-0.1, -0.05) is 29.8 Å². The number of aromatic amines is 1. The lowest BCUT2D eigenvalue weighted by atomic mass is 10.0. The van der Waals surface area contributed by atoms with Crippen molar-refractivity contribution in [2.75, 3.05) is 18.0 Å². The maximum absolute atomic E-state index is 13.6. The van der Waals surface area contributed by atoms with E-state index in [0.29, 0.717) is 34.3 Å². The molecule has 0 spiro atoms. The summed E-state index contributed by atoms with van der Waals surface area (Å²) >= 11 is 6.39. The monoisotopic (exact) mass is 383 g/mol. The molecule has 3 aromatic rings. The van der Waals surface area contributed by atoms with E-state index in [2.05, 4.69) is 30.9 Å². The molecule has 4 rings (SSSR count). The third kappa shape index (κ3) is 3.54. The Hall–Kier alpha value is -2.84. The highest BCUT2D eigenvalue weighted by atomic mass is 35.5. The molecular formula is C18H18ClN7O. The molecule has 138 valence electrons. The first-order valence-corrected chi connectivity index (χ1v) is 9.11. The molecule has 1 saturated heterocycles. The first-order valence-electron chi connectivity index (χ1n) is 8.73. The molecule has 2 N–H and O–H groups in total. The highest BCUT2D eigenvalue weighted by Gasteiger charge is 2.31. The van der Waals surface area contributed by atoms with Crippen LogP contribution in [0.25, 0.3) is 11.4 Å². The zero-order chi connectivity index (χ0) is 18.6. The molecule has 8 nitrogen and oxygen atoms in total. The number of anilines is 1. The van der Waals surface area contributed by atoms with Gasteiger partial charge in [0.15, 0.2) is 5.82 Å². The molecule has 0 aliphatic carbocycles. The van der Waals surface area contributed by atoms with Crippen LogP contribution in [0.4, 0.5) is 5.82 Å². The molecule has 2 aromatic heterocycles. The van der Waals surface area contributed by atoms with Crippen LogP contribution in [-0.2, 0) is 0 Å². The van der Waals surface area contributed by atoms with Gasteiger partial charge in [0.05, 0.1) is 16.6 Å². The number of pyridine rings is 1. The van der Waals surface area contributed by atoms with Crippen molar-refractivity contribution in [3.8, 4) is 11.4 Å². The van der Waals surface area contributed by atoms with Gasteiger partial charge in [0, 0.05) is 18.3 Å². The molecule has 1 aliphatic rings. The normalized spacial score (nSPS) is 16.9. The van der Waals surface area contributed by atoms with Gasteiger partial charge in [-0.25, -0.2) is 4.98 Å². The number of nitrogens with one attached hydrogen (secondary N) is 2. The largest absolute Gasteiger partial charge is 0.315 e. The number of carbonyl (C=O) groups excluding carboxylic acids is 1. The summed E-state index contributed by atoms with van der Waals surface area (Å²) in [6.45, 7) is 1.62. The summed E-state index contributed by atoms with van der Waals surface area (Å²) < 4.78 is 0. The first kappa shape index (κ1) is 17.6. The molecule has 1 fully saturated rings. The van der Waals surface area contributed by atoms with E-state index in [9.17, 15) is 4.79 Å². The molecule has 0 saturated carbocycles. The first-order chi connectivity index (χ1) is 13.3. The highest BCUT2D eigenvalue weighted by molar-refractivity contribution is 6.33. The van der Waals surface area contributed by atoms with E-state index in [-0.39, 0.29) is 11.9 Å². The van der Waals surface area contributed by atoms with Crippen molar-refractivity contribution in [3.05, 3.63) is 53.2 Å². The van der Waals surface area contributed by atoms with Crippen LogP contribution in [0.5, 0.6) is 0 Å². The summed E-state index contributed by atoms with van der Waals surface area (Å²) in [6, 6.07) is 10.7. The SMILES string of the molecule is O=C(c1ccccc1-c1nn[nH]n1)N(c1ncccc1Cl)[C@@H]1CCCNC1. The number of benzene rings is 1. The fourth-order valence-corrected chi connectivity index (χ4v) is 3.53. The van der Waals surface area contributed by atoms with Crippen molar-refractivity contribution in [1.29, 1.82) is 0 Å². The van der Waals surface area contributed by atoms with E-state index in [4.69, 9.17) is 11.6 Å². The van der Waals surface area contributed by atoms with Gasteiger partial charge >= 0.3 is 0 Å². The van der Waals surface area contributed by atoms with Crippen LogP contribution in [0.15, 0.2) is 42.6 Å². The predicted octanol–water partition coefficient (Wildman–Crippen LogP) is 2.31. The third-order valence-corrected chi connectivity index (χ3v) is 4.86. The van der Waals surface area contributed by atoms with Crippen LogP contribution in [0, 0.1) is 0 Å². The number of piperidine rings is 1. The van der Waals surface area contributed by atoms with Crippen LogP contribution in [0.1, 0.15) is 23.2 Å². The van der Waals surface area contributed by atoms with Gasteiger partial charge in [0.25, 0.3) is 5.91 Å². The molecule has 0 unspecified atom stereocenters. The summed E-state index contributed by atoms with van der Waals surface area (Å²) in [5.41, 5.74) is 1.09. The summed E-state index contributed by atoms with van der Waals surface area (Å²) in [5.74, 6) is 0.637. The minimum Gasteiger partial charge on any atom is -0.315 e. The van der Waals surface area contributed by atoms with E-state index in [1.165, 1.54) is 0 Å². The van der Waals surface area contributed by atoms with Gasteiger partial charge in [-0.15, -0.1) is 10.2 Å². The van der Waals surface area contributed by atoms with Crippen molar-refractivity contribution in [2.45, 2.75) is 18.9 Å². The van der Waals surface area contributed by atoms with E-state index >= 15 is 0 Å². The molecule has 1 aromatic carbocycles. The number of carbonyl (C=O) groups is 1. The summed E-state index contributed by atoms with van der Waals surface area (Å²) in [5, 5.41) is 17.9. The number of rotatable bonds is 4. The molecule has 0 bridgehead atoms. The van der Waals surface area contributed by atoms with Gasteiger partial charge in [0.1, 0.15) is 0 Å². The Morgan fingerprint density at radius 3 is 2.85 bits per heavy atom. The second-order valence-corrected chi connectivity index (χ2v) is 6.67. The number of tetrazole rings is 1. The number of nitrogens with zero attached hydrogens (tertiary/aromatic N) is 5. The fourth-order valence-electron chi connectivity index (χ4n) is 3.31. The molecular weight excluding hydrogens is 366 g/mol. The summed E-state index contributed by atoms with van der Waals surface area (Å²) in [4.78, 5) is 19.7. The van der Waals surface area contributed by atoms with E-state index < -0.39 is 0 Å². The molecule has 3 heterocycles.